The van der Waals surface area contributed by atoms with E-state index in [2.05, 4.69) is 5.32 Å². The van der Waals surface area contributed by atoms with Crippen LogP contribution in [-0.2, 0) is 9.59 Å². The van der Waals surface area contributed by atoms with Gasteiger partial charge in [-0.1, -0.05) is 33.6 Å². The second kappa shape index (κ2) is 15.9. The maximum atomic E-state index is 10.6. The van der Waals surface area contributed by atoms with Crippen LogP contribution in [0.5, 0.6) is 0 Å². The van der Waals surface area contributed by atoms with Crippen LogP contribution in [0.15, 0.2) is 0 Å². The molecule has 2 amide bonds. The summed E-state index contributed by atoms with van der Waals surface area (Å²) in [6.45, 7) is 6.00. The molecule has 0 saturated heterocycles. The van der Waals surface area contributed by atoms with Gasteiger partial charge in [-0.15, -0.1) is 0 Å². The number of carbonyl (C=O) groups is 1. The molecule has 0 bridgehead atoms. The zero-order valence-corrected chi connectivity index (χ0v) is 10.6. The Morgan fingerprint density at radius 3 is 2.29 bits per heavy atom. The molecule has 1 atom stereocenters. The van der Waals surface area contributed by atoms with Gasteiger partial charge in [0, 0.05) is 46.9 Å². The predicted octanol–water partition coefficient (Wildman–Crippen LogP) is 0.714. The molecule has 0 aliphatic rings. The Balaban J connectivity index is -0.000000376. The summed E-state index contributed by atoms with van der Waals surface area (Å²) >= 11 is 0. The van der Waals surface area contributed by atoms with E-state index in [0.717, 1.165) is 12.8 Å². The van der Waals surface area contributed by atoms with E-state index in [0.29, 0.717) is 6.42 Å². The van der Waals surface area contributed by atoms with Crippen molar-refractivity contribution in [1.82, 2.24) is 5.32 Å². The molecule has 0 radical (unpaired) electrons. The first kappa shape index (κ1) is 19.9. The molecular weight excluding hydrogens is 341 g/mol. The number of nitrogens with two attached hydrogens (primary N) is 1. The fourth-order valence-electron chi connectivity index (χ4n) is 0.765. The van der Waals surface area contributed by atoms with Crippen molar-refractivity contribution in [2.45, 2.75) is 46.1 Å². The first-order valence-corrected chi connectivity index (χ1v) is 4.64. The van der Waals surface area contributed by atoms with E-state index in [1.165, 1.54) is 6.41 Å². The van der Waals surface area contributed by atoms with E-state index in [-0.39, 0.29) is 46.9 Å². The van der Waals surface area contributed by atoms with Crippen molar-refractivity contribution in [3.63, 3.8) is 0 Å². The van der Waals surface area contributed by atoms with Gasteiger partial charge in [0.2, 0.25) is 5.91 Å². The van der Waals surface area contributed by atoms with Crippen LogP contribution < -0.4 is 11.1 Å². The van der Waals surface area contributed by atoms with Crippen LogP contribution >= 0.6 is 0 Å². The second-order valence-electron chi connectivity index (χ2n) is 2.34. The summed E-state index contributed by atoms with van der Waals surface area (Å²) in [5.41, 5.74) is 4.98. The molecule has 0 rings (SSSR count). The van der Waals surface area contributed by atoms with E-state index in [4.69, 9.17) is 5.73 Å². The van der Waals surface area contributed by atoms with Gasteiger partial charge in [0.15, 0.2) is 0 Å². The van der Waals surface area contributed by atoms with Crippen molar-refractivity contribution in [3.05, 3.63) is 0 Å². The van der Waals surface area contributed by atoms with Crippen LogP contribution in [0.3, 0.4) is 0 Å². The van der Waals surface area contributed by atoms with Gasteiger partial charge in [-0.05, 0) is 6.42 Å². The summed E-state index contributed by atoms with van der Waals surface area (Å²) in [7, 11) is 0. The maximum Gasteiger partial charge on any atom is 0.237 e. The Hall–Kier alpha value is 0.459. The summed E-state index contributed by atoms with van der Waals surface area (Å²) in [5.74, 6) is -0.498. The normalized spacial score (nSPS) is 9.93. The van der Waals surface area contributed by atoms with Gasteiger partial charge in [0.25, 0.3) is 0 Å². The number of hydrogen-bond acceptors (Lipinski definition) is 2. The van der Waals surface area contributed by atoms with Crippen LogP contribution in [0.25, 0.3) is 0 Å². The fraction of sp³-hybridized carbons (Fsp3) is 0.778. The van der Waals surface area contributed by atoms with Crippen molar-refractivity contribution >= 4 is 12.3 Å². The number of unbranched alkanes of at least 4 members (excludes halogenated alkanes) is 1. The Kier molecular flexibility index (Phi) is 22.7. The van der Waals surface area contributed by atoms with Gasteiger partial charge in [0.1, 0.15) is 0 Å². The fourth-order valence-corrected chi connectivity index (χ4v) is 0.765. The molecule has 0 aromatic carbocycles. The Bertz CT molecular complexity index is 143. The van der Waals surface area contributed by atoms with Crippen LogP contribution in [0.2, 0.25) is 0 Å². The minimum atomic E-state index is -0.549. The first-order valence-electron chi connectivity index (χ1n) is 4.64. The molecule has 0 heterocycles. The number of amides is 2. The quantitative estimate of drug-likeness (QED) is 0.541. The summed E-state index contributed by atoms with van der Waals surface area (Å²) in [6, 6.07) is -0.549. The van der Waals surface area contributed by atoms with Crippen molar-refractivity contribution in [1.29, 1.82) is 0 Å². The largest absolute Gasteiger partial charge is 0.520 e. The molecule has 0 aliphatic carbocycles. The molecule has 3 N–H and O–H groups in total. The van der Waals surface area contributed by atoms with Crippen LogP contribution in [0.4, 0.5) is 0 Å². The van der Waals surface area contributed by atoms with Gasteiger partial charge in [-0.3, -0.25) is 4.79 Å². The van der Waals surface area contributed by atoms with Crippen LogP contribution in [0.1, 0.15) is 40.0 Å². The molecule has 1 unspecified atom stereocenters. The van der Waals surface area contributed by atoms with Gasteiger partial charge in [0.05, 0.1) is 6.04 Å². The van der Waals surface area contributed by atoms with E-state index >= 15 is 0 Å². The second-order valence-corrected chi connectivity index (χ2v) is 2.34. The number of rotatable bonds is 6. The monoisotopic (exact) mass is 361 g/mol. The van der Waals surface area contributed by atoms with Crippen molar-refractivity contribution < 1.29 is 56.5 Å². The Morgan fingerprint density at radius 1 is 1.50 bits per heavy atom. The molecule has 5 heteroatoms. The van der Waals surface area contributed by atoms with Gasteiger partial charge >= 0.3 is 0 Å². The smallest absolute Gasteiger partial charge is 0.237 e. The van der Waals surface area contributed by atoms with E-state index in [1.54, 1.807) is 0 Å². The number of nitrogens with one attached hydrogen (secondary N) is 1. The zero-order valence-electron chi connectivity index (χ0n) is 8.86. The van der Waals surface area contributed by atoms with E-state index < -0.39 is 11.9 Å². The van der Waals surface area contributed by atoms with E-state index in [1.807, 2.05) is 20.8 Å². The molecule has 0 spiro atoms. The SMILES string of the molecule is CC.CCCCC(N[C-]=O)C(N)=O.[Yb]. The third-order valence-electron chi connectivity index (χ3n) is 1.42. The van der Waals surface area contributed by atoms with E-state index in [9.17, 15) is 9.59 Å². The number of primary amides is 1. The third kappa shape index (κ3) is 12.5. The van der Waals surface area contributed by atoms with Crippen molar-refractivity contribution in [2.24, 2.45) is 5.73 Å². The standard InChI is InChI=1S/C7H13N2O2.C2H6.Yb/c1-2-3-4-6(7(8)11)9-5-10;1-2;/h6H,2-4H2,1H3,(H2,8,11)(H,9,10);1-2H3;/q-1;;. The summed E-state index contributed by atoms with van der Waals surface area (Å²) < 4.78 is 0. The molecule has 0 fully saturated rings. The minimum absolute atomic E-state index is 0. The average Bonchev–Trinajstić information content (AvgIpc) is 2.15. The third-order valence-corrected chi connectivity index (χ3v) is 1.42. The van der Waals surface area contributed by atoms with Crippen molar-refractivity contribution in [3.8, 4) is 0 Å². The van der Waals surface area contributed by atoms with Gasteiger partial charge < -0.3 is 15.8 Å². The molecule has 0 aromatic rings. The van der Waals surface area contributed by atoms with Gasteiger partial charge in [-0.25, -0.2) is 0 Å². The zero-order chi connectivity index (χ0) is 10.7. The molecule has 0 saturated carbocycles. The molecule has 0 aliphatic heterocycles. The molecular formula is C9H19N2O2Yb-. The first-order chi connectivity index (χ1) is 6.22. The molecule has 0 aromatic heterocycles. The number of carbonyl (C=O) groups excluding carboxylic acids is 2. The molecule has 92 valence electrons. The maximum absolute atomic E-state index is 10.6. The summed E-state index contributed by atoms with van der Waals surface area (Å²) in [4.78, 5) is 20.4. The minimum Gasteiger partial charge on any atom is -0.520 e. The van der Waals surface area contributed by atoms with Gasteiger partial charge in [-0.2, -0.15) is 6.41 Å². The molecule has 4 nitrogen and oxygen atoms in total. The average molecular weight is 360 g/mol. The predicted molar refractivity (Wildman–Crippen MR) is 52.7 cm³/mol. The Morgan fingerprint density at radius 2 is 2.00 bits per heavy atom. The Labute approximate surface area is 125 Å². The van der Waals surface area contributed by atoms with Crippen LogP contribution in [-0.4, -0.2) is 18.4 Å². The summed E-state index contributed by atoms with van der Waals surface area (Å²) in [6.07, 6.45) is 3.91. The summed E-state index contributed by atoms with van der Waals surface area (Å²) in [5, 5.41) is 2.24. The molecule has 14 heavy (non-hydrogen) atoms. The topological polar surface area (TPSA) is 72.2 Å². The number of hydrogen-bond donors (Lipinski definition) is 2. The van der Waals surface area contributed by atoms with Crippen LogP contribution in [0, 0.1) is 46.9 Å². The van der Waals surface area contributed by atoms with Crippen molar-refractivity contribution in [2.75, 3.05) is 0 Å².